The van der Waals surface area contributed by atoms with Crippen LogP contribution in [0.2, 0.25) is 0 Å². The predicted molar refractivity (Wildman–Crippen MR) is 24.0 cm³/mol. The summed E-state index contributed by atoms with van der Waals surface area (Å²) in [5, 5.41) is 0. The molecule has 0 spiro atoms. The maximum absolute atomic E-state index is 11.5. The lowest BCUT2D eigenvalue weighted by atomic mass is 10.6. The van der Waals surface area contributed by atoms with Gasteiger partial charge in [-0.2, -0.15) is 30.7 Å². The number of halogens is 7. The summed E-state index contributed by atoms with van der Waals surface area (Å²) in [5.74, 6) is 0. The van der Waals surface area contributed by atoms with Crippen molar-refractivity contribution in [3.63, 3.8) is 0 Å². The van der Waals surface area contributed by atoms with Crippen LogP contribution in [0.25, 0.3) is 0 Å². The van der Waals surface area contributed by atoms with Gasteiger partial charge in [0.2, 0.25) is 0 Å². The summed E-state index contributed by atoms with van der Waals surface area (Å²) < 4.78 is 85.0. The van der Waals surface area contributed by atoms with Crippen molar-refractivity contribution in [3.05, 3.63) is 0 Å². The van der Waals surface area contributed by atoms with Crippen molar-refractivity contribution in [2.45, 2.75) is 25.7 Å². The van der Waals surface area contributed by atoms with E-state index in [-0.39, 0.29) is 0 Å². The van der Waals surface area contributed by atoms with Crippen LogP contribution in [0.4, 0.5) is 30.7 Å². The second kappa shape index (κ2) is 4.61. The molecule has 0 unspecified atom stereocenters. The van der Waals surface area contributed by atoms with Crippen molar-refractivity contribution in [1.29, 1.82) is 0 Å². The largest absolute Gasteiger partial charge is 0.440 e. The minimum Gasteiger partial charge on any atom is -0.283 e. The molecule has 0 aliphatic rings. The highest BCUT2D eigenvalue weighted by molar-refractivity contribution is 4.55. The van der Waals surface area contributed by atoms with E-state index in [2.05, 4.69) is 9.47 Å². The molecule has 0 saturated heterocycles. The summed E-state index contributed by atoms with van der Waals surface area (Å²) in [5.41, 5.74) is 0. The molecule has 0 N–H and O–H groups in total. The Morgan fingerprint density at radius 2 is 1.08 bits per heavy atom. The van der Waals surface area contributed by atoms with Crippen molar-refractivity contribution < 1.29 is 40.2 Å². The van der Waals surface area contributed by atoms with Gasteiger partial charge in [-0.3, -0.25) is 9.47 Å². The predicted octanol–water partition coefficient (Wildman–Crippen LogP) is 2.35. The Labute approximate surface area is 67.2 Å². The Morgan fingerprint density at radius 3 is 1.23 bits per heavy atom. The first-order chi connectivity index (χ1) is 5.73. The molecule has 0 fully saturated rings. The fraction of sp³-hybridized carbons (Fsp3) is 1.00. The number of rotatable bonds is 4. The van der Waals surface area contributed by atoms with Gasteiger partial charge >= 0.3 is 19.4 Å². The molecule has 0 aliphatic carbocycles. The van der Waals surface area contributed by atoms with Crippen molar-refractivity contribution in [2.24, 2.45) is 0 Å². The molecule has 0 aromatic carbocycles. The monoisotopic (exact) mass is 216 g/mol. The maximum atomic E-state index is 11.5. The first kappa shape index (κ1) is 12.4. The van der Waals surface area contributed by atoms with Gasteiger partial charge in [-0.1, -0.05) is 0 Å². The van der Waals surface area contributed by atoms with E-state index in [1.54, 1.807) is 0 Å². The van der Waals surface area contributed by atoms with E-state index in [0.717, 1.165) is 0 Å². The lowest BCUT2D eigenvalue weighted by molar-refractivity contribution is -0.383. The van der Waals surface area contributed by atoms with Crippen LogP contribution in [-0.4, -0.2) is 25.7 Å². The fourth-order valence-corrected chi connectivity index (χ4v) is 0.373. The minimum atomic E-state index is -5.42. The molecule has 0 heterocycles. The van der Waals surface area contributed by atoms with Crippen molar-refractivity contribution in [1.82, 2.24) is 0 Å². The molecular formula is C4H3F7O2. The summed E-state index contributed by atoms with van der Waals surface area (Å²) >= 11 is 0. The van der Waals surface area contributed by atoms with Crippen LogP contribution in [0.1, 0.15) is 0 Å². The highest BCUT2D eigenvalue weighted by atomic mass is 19.4. The Balaban J connectivity index is 4.20. The zero-order valence-corrected chi connectivity index (χ0v) is 5.69. The van der Waals surface area contributed by atoms with Crippen LogP contribution >= 0.6 is 0 Å². The van der Waals surface area contributed by atoms with Crippen molar-refractivity contribution in [2.75, 3.05) is 0 Å². The standard InChI is InChI=1S/C4H3F7O2/c5-2(6)12-1(4(9,10)11)13-3(7)8/h1-3H. The van der Waals surface area contributed by atoms with Crippen LogP contribution in [0.5, 0.6) is 0 Å². The molecule has 0 amide bonds. The summed E-state index contributed by atoms with van der Waals surface area (Å²) in [6.07, 6.45) is -9.04. The van der Waals surface area contributed by atoms with E-state index in [0.29, 0.717) is 0 Å². The number of hydrogen-bond acceptors (Lipinski definition) is 2. The van der Waals surface area contributed by atoms with E-state index >= 15 is 0 Å². The molecule has 0 rings (SSSR count). The molecule has 0 aliphatic heterocycles. The van der Waals surface area contributed by atoms with Crippen LogP contribution in [0, 0.1) is 0 Å². The summed E-state index contributed by atoms with van der Waals surface area (Å²) in [4.78, 5) is 0. The molecular weight excluding hydrogens is 213 g/mol. The first-order valence-electron chi connectivity index (χ1n) is 2.67. The van der Waals surface area contributed by atoms with Gasteiger partial charge in [-0.05, 0) is 0 Å². The average molecular weight is 216 g/mol. The second-order valence-corrected chi connectivity index (χ2v) is 1.67. The third-order valence-electron chi connectivity index (χ3n) is 0.720. The molecule has 0 radical (unpaired) electrons. The van der Waals surface area contributed by atoms with Gasteiger partial charge in [0.05, 0.1) is 0 Å². The number of hydrogen-bond donors (Lipinski definition) is 0. The lowest BCUT2D eigenvalue weighted by Crippen LogP contribution is -2.37. The van der Waals surface area contributed by atoms with Gasteiger partial charge < -0.3 is 0 Å². The van der Waals surface area contributed by atoms with Crippen LogP contribution in [-0.2, 0) is 9.47 Å². The van der Waals surface area contributed by atoms with E-state index in [1.807, 2.05) is 0 Å². The summed E-state index contributed by atoms with van der Waals surface area (Å²) in [7, 11) is 0. The number of ether oxygens (including phenoxy) is 2. The third-order valence-corrected chi connectivity index (χ3v) is 0.720. The van der Waals surface area contributed by atoms with E-state index in [9.17, 15) is 30.7 Å². The molecule has 0 aromatic rings. The average Bonchev–Trinajstić information content (AvgIpc) is 1.81. The van der Waals surface area contributed by atoms with Crippen LogP contribution in [0.3, 0.4) is 0 Å². The van der Waals surface area contributed by atoms with Gasteiger partial charge in [0.25, 0.3) is 6.29 Å². The van der Waals surface area contributed by atoms with Crippen molar-refractivity contribution >= 4 is 0 Å². The van der Waals surface area contributed by atoms with Gasteiger partial charge in [0.1, 0.15) is 0 Å². The molecule has 0 atom stereocenters. The smallest absolute Gasteiger partial charge is 0.283 e. The third kappa shape index (κ3) is 5.64. The maximum Gasteiger partial charge on any atom is 0.440 e. The molecule has 0 saturated carbocycles. The zero-order valence-electron chi connectivity index (χ0n) is 5.69. The number of alkyl halides is 7. The summed E-state index contributed by atoms with van der Waals surface area (Å²) in [6, 6.07) is 0. The van der Waals surface area contributed by atoms with Crippen LogP contribution < -0.4 is 0 Å². The normalized spacial score (nSPS) is 13.4. The molecule has 0 aromatic heterocycles. The van der Waals surface area contributed by atoms with E-state index < -0.39 is 25.7 Å². The van der Waals surface area contributed by atoms with Gasteiger partial charge in [0, 0.05) is 0 Å². The fourth-order valence-electron chi connectivity index (χ4n) is 0.373. The van der Waals surface area contributed by atoms with E-state index in [4.69, 9.17) is 0 Å². The van der Waals surface area contributed by atoms with Crippen LogP contribution in [0.15, 0.2) is 0 Å². The second-order valence-electron chi connectivity index (χ2n) is 1.67. The summed E-state index contributed by atoms with van der Waals surface area (Å²) in [6.45, 7) is -7.68. The Bertz CT molecular complexity index is 134. The Hall–Kier alpha value is -0.570. The first-order valence-corrected chi connectivity index (χ1v) is 2.67. The highest BCUT2D eigenvalue weighted by Gasteiger charge is 2.45. The SMILES string of the molecule is FC(F)OC(OC(F)F)C(F)(F)F. The Kier molecular flexibility index (Phi) is 4.40. The van der Waals surface area contributed by atoms with Gasteiger partial charge in [0.15, 0.2) is 0 Å². The quantitative estimate of drug-likeness (QED) is 0.530. The molecule has 13 heavy (non-hydrogen) atoms. The molecule has 9 heteroatoms. The molecule has 80 valence electrons. The van der Waals surface area contributed by atoms with Crippen molar-refractivity contribution in [3.8, 4) is 0 Å². The van der Waals surface area contributed by atoms with E-state index in [1.165, 1.54) is 0 Å². The highest BCUT2D eigenvalue weighted by Crippen LogP contribution is 2.26. The molecule has 0 bridgehead atoms. The van der Waals surface area contributed by atoms with Gasteiger partial charge in [-0.25, -0.2) is 0 Å². The lowest BCUT2D eigenvalue weighted by Gasteiger charge is -2.19. The zero-order chi connectivity index (χ0) is 10.6. The Morgan fingerprint density at radius 1 is 0.769 bits per heavy atom. The van der Waals surface area contributed by atoms with Gasteiger partial charge in [-0.15, -0.1) is 0 Å². The molecule has 2 nitrogen and oxygen atoms in total. The minimum absolute atomic E-state index is 2.76. The topological polar surface area (TPSA) is 18.5 Å².